The average molecular weight is 424 g/mol. The van der Waals surface area contributed by atoms with E-state index in [4.69, 9.17) is 14.8 Å². The first kappa shape index (κ1) is 21.8. The largest absolute Gasteiger partial charge is 0.382 e. The van der Waals surface area contributed by atoms with Gasteiger partial charge in [-0.15, -0.1) is 0 Å². The van der Waals surface area contributed by atoms with Gasteiger partial charge in [-0.1, -0.05) is 29.8 Å². The van der Waals surface area contributed by atoms with E-state index in [2.05, 4.69) is 15.3 Å². The lowest BCUT2D eigenvalue weighted by atomic mass is 10.1. The number of anilines is 2. The number of nitrogens with one attached hydrogen (secondary N) is 1. The summed E-state index contributed by atoms with van der Waals surface area (Å²) in [5, 5.41) is 3.76. The fourth-order valence-electron chi connectivity index (χ4n) is 2.71. The zero-order chi connectivity index (χ0) is 21.5. The Hall–Kier alpha value is -2.86. The highest BCUT2D eigenvalue weighted by atomic mass is 31.2. The van der Waals surface area contributed by atoms with E-state index < -0.39 is 14.3 Å². The van der Waals surface area contributed by atoms with Gasteiger partial charge < -0.3 is 20.1 Å². The van der Waals surface area contributed by atoms with E-state index in [0.717, 1.165) is 16.4 Å². The zero-order valence-corrected chi connectivity index (χ0v) is 18.1. The van der Waals surface area contributed by atoms with Gasteiger partial charge in [0.25, 0.3) is 5.91 Å². The van der Waals surface area contributed by atoms with Gasteiger partial charge in [0.05, 0.1) is 25.1 Å². The highest BCUT2D eigenvalue weighted by Gasteiger charge is 2.16. The van der Waals surface area contributed by atoms with Crippen molar-refractivity contribution in [1.29, 1.82) is 0 Å². The third-order valence-corrected chi connectivity index (χ3v) is 5.90. The number of hydrogen-bond acceptors (Lipinski definition) is 6. The van der Waals surface area contributed by atoms with Crippen molar-refractivity contribution in [2.75, 3.05) is 24.3 Å². The van der Waals surface area contributed by atoms with Crippen LogP contribution in [0.2, 0.25) is 0 Å². The summed E-state index contributed by atoms with van der Waals surface area (Å²) in [6.45, 7) is 7.01. The SMILES string of the molecule is CCOP(OCC)c1ccc(NC(=O)c2nc(-c3ccc(C)cc3)cnc2N)cc1. The molecule has 0 bridgehead atoms. The number of nitrogen functional groups attached to an aromatic ring is 1. The quantitative estimate of drug-likeness (QED) is 0.523. The molecule has 1 heterocycles. The first-order chi connectivity index (χ1) is 14.5. The molecule has 0 saturated heterocycles. The topological polar surface area (TPSA) is 99.4 Å². The van der Waals surface area contributed by atoms with Crippen molar-refractivity contribution in [2.45, 2.75) is 20.8 Å². The van der Waals surface area contributed by atoms with E-state index in [1.807, 2.05) is 57.2 Å². The molecule has 0 spiro atoms. The number of nitrogens with two attached hydrogens (primary N) is 1. The van der Waals surface area contributed by atoms with Crippen molar-refractivity contribution in [1.82, 2.24) is 9.97 Å². The van der Waals surface area contributed by atoms with E-state index in [9.17, 15) is 4.79 Å². The molecule has 3 rings (SSSR count). The van der Waals surface area contributed by atoms with Crippen molar-refractivity contribution in [3.8, 4) is 11.3 Å². The molecule has 0 unspecified atom stereocenters. The number of rotatable bonds is 8. The Morgan fingerprint density at radius 3 is 2.27 bits per heavy atom. The molecule has 2 aromatic carbocycles. The van der Waals surface area contributed by atoms with Gasteiger partial charge >= 0.3 is 0 Å². The maximum Gasteiger partial charge on any atom is 0.278 e. The standard InChI is InChI=1S/C22H25N4O3P/c1-4-28-30(29-5-2)18-12-10-17(11-13-18)25-22(27)20-21(23)24-14-19(26-20)16-8-6-15(3)7-9-16/h6-14H,4-5H2,1-3H3,(H2,23,24)(H,25,27). The number of amides is 1. The first-order valence-corrected chi connectivity index (χ1v) is 10.9. The van der Waals surface area contributed by atoms with Crippen LogP contribution in [0, 0.1) is 6.92 Å². The van der Waals surface area contributed by atoms with Gasteiger partial charge in [-0.2, -0.15) is 0 Å². The van der Waals surface area contributed by atoms with E-state index in [0.29, 0.717) is 24.6 Å². The van der Waals surface area contributed by atoms with Crippen LogP contribution in [-0.2, 0) is 9.05 Å². The minimum atomic E-state index is -1.13. The molecule has 30 heavy (non-hydrogen) atoms. The molecule has 156 valence electrons. The Balaban J connectivity index is 1.77. The molecule has 8 heteroatoms. The van der Waals surface area contributed by atoms with Gasteiger partial charge in [-0.05, 0) is 45.0 Å². The number of carbonyl (C=O) groups is 1. The Kier molecular flexibility index (Phi) is 7.46. The molecular weight excluding hydrogens is 399 g/mol. The summed E-state index contributed by atoms with van der Waals surface area (Å²) in [5.41, 5.74) is 9.21. The minimum Gasteiger partial charge on any atom is -0.382 e. The van der Waals surface area contributed by atoms with Crippen LogP contribution in [0.1, 0.15) is 29.9 Å². The molecule has 3 aromatic rings. The Labute approximate surface area is 177 Å². The van der Waals surface area contributed by atoms with Crippen LogP contribution in [0.25, 0.3) is 11.3 Å². The van der Waals surface area contributed by atoms with Crippen LogP contribution in [0.3, 0.4) is 0 Å². The van der Waals surface area contributed by atoms with Crippen molar-refractivity contribution < 1.29 is 13.8 Å². The minimum absolute atomic E-state index is 0.0798. The normalized spacial score (nSPS) is 10.9. The predicted octanol–water partition coefficient (Wildman–Crippen LogP) is 4.30. The fourth-order valence-corrected chi connectivity index (χ4v) is 3.94. The van der Waals surface area contributed by atoms with Crippen LogP contribution in [0.15, 0.2) is 54.7 Å². The van der Waals surface area contributed by atoms with Gasteiger partial charge in [0.1, 0.15) is 0 Å². The van der Waals surface area contributed by atoms with Gasteiger partial charge in [0.15, 0.2) is 11.5 Å². The van der Waals surface area contributed by atoms with Crippen LogP contribution in [0.4, 0.5) is 11.5 Å². The number of aryl methyl sites for hydroxylation is 1. The number of aromatic nitrogens is 2. The van der Waals surface area contributed by atoms with E-state index in [-0.39, 0.29) is 11.5 Å². The molecule has 0 saturated carbocycles. The lowest BCUT2D eigenvalue weighted by molar-refractivity contribution is 0.102. The zero-order valence-electron chi connectivity index (χ0n) is 17.3. The summed E-state index contributed by atoms with van der Waals surface area (Å²) < 4.78 is 11.3. The number of benzene rings is 2. The predicted molar refractivity (Wildman–Crippen MR) is 121 cm³/mol. The van der Waals surface area contributed by atoms with Gasteiger partial charge in [-0.25, -0.2) is 9.97 Å². The van der Waals surface area contributed by atoms with Crippen LogP contribution in [-0.4, -0.2) is 29.1 Å². The molecule has 1 amide bonds. The molecule has 3 N–H and O–H groups in total. The summed E-state index contributed by atoms with van der Waals surface area (Å²) in [7, 11) is -1.13. The van der Waals surface area contributed by atoms with Crippen molar-refractivity contribution in [3.05, 3.63) is 66.0 Å². The molecule has 0 atom stereocenters. The Bertz CT molecular complexity index is 988. The van der Waals surface area contributed by atoms with Gasteiger partial charge in [0, 0.05) is 16.6 Å². The van der Waals surface area contributed by atoms with Crippen LogP contribution < -0.4 is 16.4 Å². The maximum absolute atomic E-state index is 12.8. The van der Waals surface area contributed by atoms with Crippen molar-refractivity contribution >= 4 is 31.1 Å². The molecule has 0 fully saturated rings. The van der Waals surface area contributed by atoms with Gasteiger partial charge in [0.2, 0.25) is 8.38 Å². The van der Waals surface area contributed by atoms with Crippen molar-refractivity contribution in [3.63, 3.8) is 0 Å². The molecular formula is C22H25N4O3P. The highest BCUT2D eigenvalue weighted by Crippen LogP contribution is 2.37. The van der Waals surface area contributed by atoms with Crippen LogP contribution >= 0.6 is 8.38 Å². The maximum atomic E-state index is 12.8. The lowest BCUT2D eigenvalue weighted by Crippen LogP contribution is -2.17. The average Bonchev–Trinajstić information content (AvgIpc) is 2.75. The summed E-state index contributed by atoms with van der Waals surface area (Å²) in [4.78, 5) is 21.3. The van der Waals surface area contributed by atoms with E-state index in [1.54, 1.807) is 18.3 Å². The van der Waals surface area contributed by atoms with E-state index in [1.165, 1.54) is 0 Å². The fraction of sp³-hybridized carbons (Fsp3) is 0.227. The van der Waals surface area contributed by atoms with Crippen LogP contribution in [0.5, 0.6) is 0 Å². The molecule has 7 nitrogen and oxygen atoms in total. The number of nitrogens with zero attached hydrogens (tertiary/aromatic N) is 2. The second-order valence-corrected chi connectivity index (χ2v) is 8.00. The van der Waals surface area contributed by atoms with Gasteiger partial charge in [-0.3, -0.25) is 4.79 Å². The highest BCUT2D eigenvalue weighted by molar-refractivity contribution is 7.56. The summed E-state index contributed by atoms with van der Waals surface area (Å²) >= 11 is 0. The second kappa shape index (κ2) is 10.3. The summed E-state index contributed by atoms with van der Waals surface area (Å²) in [5.74, 6) is -0.338. The number of hydrogen-bond donors (Lipinski definition) is 2. The molecule has 1 aromatic heterocycles. The molecule has 0 radical (unpaired) electrons. The Morgan fingerprint density at radius 1 is 1.03 bits per heavy atom. The third-order valence-electron chi connectivity index (χ3n) is 4.19. The summed E-state index contributed by atoms with van der Waals surface area (Å²) in [6, 6.07) is 15.2. The number of carbonyl (C=O) groups excluding carboxylic acids is 1. The second-order valence-electron chi connectivity index (χ2n) is 6.45. The Morgan fingerprint density at radius 2 is 1.67 bits per heavy atom. The monoisotopic (exact) mass is 424 g/mol. The first-order valence-electron chi connectivity index (χ1n) is 9.68. The lowest BCUT2D eigenvalue weighted by Gasteiger charge is -2.16. The third kappa shape index (κ3) is 5.39. The molecule has 0 aliphatic rings. The smallest absolute Gasteiger partial charge is 0.278 e. The molecule has 0 aliphatic carbocycles. The van der Waals surface area contributed by atoms with Crippen molar-refractivity contribution in [2.24, 2.45) is 0 Å². The van der Waals surface area contributed by atoms with E-state index >= 15 is 0 Å². The summed E-state index contributed by atoms with van der Waals surface area (Å²) in [6.07, 6.45) is 1.56. The molecule has 0 aliphatic heterocycles.